The Labute approximate surface area is 142 Å². The van der Waals surface area contributed by atoms with E-state index in [2.05, 4.69) is 40.4 Å². The molecule has 24 heavy (non-hydrogen) atoms. The monoisotopic (exact) mass is 324 g/mol. The first-order valence-electron chi connectivity index (χ1n) is 8.76. The average Bonchev–Trinajstić information content (AvgIpc) is 3.14. The van der Waals surface area contributed by atoms with Gasteiger partial charge in [0.1, 0.15) is 5.82 Å². The van der Waals surface area contributed by atoms with Crippen LogP contribution >= 0.6 is 0 Å². The van der Waals surface area contributed by atoms with E-state index in [1.165, 1.54) is 11.3 Å². The minimum atomic E-state index is 0.237. The zero-order chi connectivity index (χ0) is 16.7. The van der Waals surface area contributed by atoms with Crippen LogP contribution in [0.5, 0.6) is 0 Å². The molecule has 2 aliphatic rings. The molecule has 0 aliphatic carbocycles. The second kappa shape index (κ2) is 6.06. The summed E-state index contributed by atoms with van der Waals surface area (Å²) in [6.45, 7) is 8.65. The Morgan fingerprint density at radius 3 is 2.88 bits per heavy atom. The summed E-state index contributed by atoms with van der Waals surface area (Å²) >= 11 is 0. The highest BCUT2D eigenvalue weighted by molar-refractivity contribution is 5.95. The molecular weight excluding hydrogens is 300 g/mol. The smallest absolute Gasteiger partial charge is 0.228 e. The lowest BCUT2D eigenvalue weighted by molar-refractivity contribution is -0.118. The first-order valence-corrected chi connectivity index (χ1v) is 8.76. The molecule has 0 N–H and O–H groups in total. The molecule has 1 aromatic heterocycles. The molecule has 0 saturated heterocycles. The predicted octanol–water partition coefficient (Wildman–Crippen LogP) is 2.29. The van der Waals surface area contributed by atoms with Crippen molar-refractivity contribution in [3.63, 3.8) is 0 Å². The topological polar surface area (TPSA) is 41.4 Å². The van der Waals surface area contributed by atoms with E-state index in [9.17, 15) is 4.79 Å². The normalized spacial score (nSPS) is 17.0. The average molecular weight is 324 g/mol. The van der Waals surface area contributed by atoms with E-state index in [-0.39, 0.29) is 5.91 Å². The molecule has 3 heterocycles. The van der Waals surface area contributed by atoms with Gasteiger partial charge in [0.2, 0.25) is 5.91 Å². The van der Waals surface area contributed by atoms with Crippen molar-refractivity contribution in [2.45, 2.75) is 39.8 Å². The predicted molar refractivity (Wildman–Crippen MR) is 94.1 cm³/mol. The maximum absolute atomic E-state index is 12.6. The molecule has 2 aliphatic heterocycles. The van der Waals surface area contributed by atoms with E-state index < -0.39 is 0 Å². The van der Waals surface area contributed by atoms with Crippen molar-refractivity contribution in [3.8, 4) is 0 Å². The Hall–Kier alpha value is -2.14. The van der Waals surface area contributed by atoms with Crippen LogP contribution in [0.4, 0.5) is 5.69 Å². The Balaban J connectivity index is 1.37. The number of aromatic nitrogens is 2. The van der Waals surface area contributed by atoms with Gasteiger partial charge in [-0.2, -0.15) is 0 Å². The number of para-hydroxylation sites is 1. The summed E-state index contributed by atoms with van der Waals surface area (Å²) in [4.78, 5) is 21.6. The molecule has 5 nitrogen and oxygen atoms in total. The Morgan fingerprint density at radius 2 is 2.00 bits per heavy atom. The first-order chi connectivity index (χ1) is 11.6. The molecule has 0 atom stereocenters. The number of hydrogen-bond donors (Lipinski definition) is 0. The Morgan fingerprint density at radius 1 is 1.17 bits per heavy atom. The molecule has 0 bridgehead atoms. The summed E-state index contributed by atoms with van der Waals surface area (Å²) in [5, 5.41) is 0. The second-order valence-electron chi connectivity index (χ2n) is 6.80. The molecule has 1 amide bonds. The van der Waals surface area contributed by atoms with Crippen LogP contribution in [0.3, 0.4) is 0 Å². The zero-order valence-corrected chi connectivity index (χ0v) is 14.5. The van der Waals surface area contributed by atoms with Gasteiger partial charge in [0, 0.05) is 44.0 Å². The highest BCUT2D eigenvalue weighted by atomic mass is 16.2. The number of aryl methyl sites for hydroxylation is 1. The number of carbonyl (C=O) groups excluding carboxylic acids is 1. The molecular formula is C19H24N4O. The molecule has 0 fully saturated rings. The second-order valence-corrected chi connectivity index (χ2v) is 6.80. The third-order valence-corrected chi connectivity index (χ3v) is 5.37. The van der Waals surface area contributed by atoms with Crippen molar-refractivity contribution < 1.29 is 4.79 Å². The summed E-state index contributed by atoms with van der Waals surface area (Å²) in [6.07, 6.45) is 1.55. The Bertz CT molecular complexity index is 780. The minimum Gasteiger partial charge on any atom is -0.330 e. The number of amides is 1. The van der Waals surface area contributed by atoms with Crippen LogP contribution in [0.1, 0.15) is 29.2 Å². The maximum atomic E-state index is 12.6. The van der Waals surface area contributed by atoms with E-state index >= 15 is 0 Å². The van der Waals surface area contributed by atoms with Crippen LogP contribution < -0.4 is 4.90 Å². The molecule has 126 valence electrons. The van der Waals surface area contributed by atoms with Crippen LogP contribution in [0.2, 0.25) is 0 Å². The number of anilines is 1. The van der Waals surface area contributed by atoms with Crippen molar-refractivity contribution in [1.29, 1.82) is 0 Å². The summed E-state index contributed by atoms with van der Waals surface area (Å²) in [5.74, 6) is 1.37. The number of carbonyl (C=O) groups is 1. The van der Waals surface area contributed by atoms with Gasteiger partial charge in [-0.1, -0.05) is 18.2 Å². The molecule has 1 aromatic carbocycles. The van der Waals surface area contributed by atoms with Gasteiger partial charge in [-0.05, 0) is 31.9 Å². The van der Waals surface area contributed by atoms with E-state index in [0.29, 0.717) is 6.42 Å². The number of rotatable bonds is 3. The van der Waals surface area contributed by atoms with Crippen molar-refractivity contribution in [3.05, 3.63) is 47.0 Å². The lowest BCUT2D eigenvalue weighted by Crippen LogP contribution is -2.38. The fourth-order valence-electron chi connectivity index (χ4n) is 3.84. The van der Waals surface area contributed by atoms with Gasteiger partial charge in [0.05, 0.1) is 12.2 Å². The molecule has 2 aromatic rings. The van der Waals surface area contributed by atoms with Crippen LogP contribution in [-0.4, -0.2) is 40.0 Å². The fourth-order valence-corrected chi connectivity index (χ4v) is 3.84. The van der Waals surface area contributed by atoms with Gasteiger partial charge in [-0.3, -0.25) is 9.69 Å². The number of nitrogens with zero attached hydrogens (tertiary/aromatic N) is 4. The van der Waals surface area contributed by atoms with Crippen LogP contribution in [0.15, 0.2) is 24.3 Å². The summed E-state index contributed by atoms with van der Waals surface area (Å²) < 4.78 is 2.31. The standard InChI is InChI=1S/C19H24N4O/c1-14-15(2)22-12-11-21(13-18(22)20-14)9-8-19(24)23-10-7-16-5-3-4-6-17(16)23/h3-6H,7-13H2,1-2H3. The first kappa shape index (κ1) is 15.4. The van der Waals surface area contributed by atoms with Gasteiger partial charge >= 0.3 is 0 Å². The molecule has 0 spiro atoms. The van der Waals surface area contributed by atoms with E-state index in [0.717, 1.165) is 56.4 Å². The van der Waals surface area contributed by atoms with Crippen LogP contribution in [0.25, 0.3) is 0 Å². The van der Waals surface area contributed by atoms with Crippen LogP contribution in [0, 0.1) is 13.8 Å². The largest absolute Gasteiger partial charge is 0.330 e. The summed E-state index contributed by atoms with van der Waals surface area (Å²) in [7, 11) is 0. The zero-order valence-electron chi connectivity index (χ0n) is 14.5. The van der Waals surface area contributed by atoms with E-state index in [1.54, 1.807) is 0 Å². The number of benzene rings is 1. The summed E-state index contributed by atoms with van der Waals surface area (Å²) in [5.41, 5.74) is 4.78. The third-order valence-electron chi connectivity index (χ3n) is 5.37. The van der Waals surface area contributed by atoms with Crippen molar-refractivity contribution in [2.75, 3.05) is 24.5 Å². The van der Waals surface area contributed by atoms with E-state index in [1.807, 2.05) is 17.0 Å². The Kier molecular flexibility index (Phi) is 3.88. The molecule has 0 saturated carbocycles. The highest BCUT2D eigenvalue weighted by Gasteiger charge is 2.25. The van der Waals surface area contributed by atoms with Gasteiger partial charge in [0.15, 0.2) is 0 Å². The minimum absolute atomic E-state index is 0.237. The van der Waals surface area contributed by atoms with Gasteiger partial charge in [0.25, 0.3) is 0 Å². The highest BCUT2D eigenvalue weighted by Crippen LogP contribution is 2.28. The van der Waals surface area contributed by atoms with Gasteiger partial charge in [-0.15, -0.1) is 0 Å². The number of fused-ring (bicyclic) bond motifs is 2. The van der Waals surface area contributed by atoms with Gasteiger partial charge in [-0.25, -0.2) is 4.98 Å². The molecule has 4 rings (SSSR count). The van der Waals surface area contributed by atoms with Crippen molar-refractivity contribution in [1.82, 2.24) is 14.5 Å². The molecule has 0 radical (unpaired) electrons. The van der Waals surface area contributed by atoms with E-state index in [4.69, 9.17) is 0 Å². The third kappa shape index (κ3) is 2.63. The fraction of sp³-hybridized carbons (Fsp3) is 0.474. The quantitative estimate of drug-likeness (QED) is 0.870. The SMILES string of the molecule is Cc1nc2n(c1C)CCN(CCC(=O)N1CCc3ccccc31)C2. The number of hydrogen-bond acceptors (Lipinski definition) is 3. The lowest BCUT2D eigenvalue weighted by Gasteiger charge is -2.28. The van der Waals surface area contributed by atoms with Crippen LogP contribution in [-0.2, 0) is 24.3 Å². The maximum Gasteiger partial charge on any atom is 0.228 e. The molecule has 0 unspecified atom stereocenters. The summed E-state index contributed by atoms with van der Waals surface area (Å²) in [6, 6.07) is 8.24. The van der Waals surface area contributed by atoms with Gasteiger partial charge < -0.3 is 9.47 Å². The van der Waals surface area contributed by atoms with Crippen molar-refractivity contribution >= 4 is 11.6 Å². The lowest BCUT2D eigenvalue weighted by atomic mass is 10.2. The number of imidazole rings is 1. The molecule has 5 heteroatoms. The van der Waals surface area contributed by atoms with Crippen molar-refractivity contribution in [2.24, 2.45) is 0 Å².